The van der Waals surface area contributed by atoms with Gasteiger partial charge in [-0.3, -0.25) is 13.8 Å². The van der Waals surface area contributed by atoms with E-state index >= 15 is 0 Å². The highest BCUT2D eigenvalue weighted by molar-refractivity contribution is 6.36. The average Bonchev–Trinajstić information content (AvgIpc) is 3.34. The van der Waals surface area contributed by atoms with Gasteiger partial charge < -0.3 is 4.90 Å². The maximum absolute atomic E-state index is 13.3. The van der Waals surface area contributed by atoms with Crippen LogP contribution in [0.4, 0.5) is 13.2 Å². The first-order valence-electron chi connectivity index (χ1n) is 9.68. The van der Waals surface area contributed by atoms with Gasteiger partial charge in [0, 0.05) is 17.8 Å². The fraction of sp³-hybridized carbons (Fsp3) is 0.400. The third-order valence-electron chi connectivity index (χ3n) is 5.13. The van der Waals surface area contributed by atoms with Crippen LogP contribution in [-0.2, 0) is 6.42 Å². The molecular weight excluding hydrogens is 476 g/mol. The highest BCUT2D eigenvalue weighted by atomic mass is 35.5. The van der Waals surface area contributed by atoms with Crippen LogP contribution in [0.15, 0.2) is 24.4 Å². The monoisotopic (exact) mass is 492 g/mol. The van der Waals surface area contributed by atoms with Gasteiger partial charge in [0.25, 0.3) is 5.91 Å². The molecule has 0 bridgehead atoms. The summed E-state index contributed by atoms with van der Waals surface area (Å²) in [5, 5.41) is 0.950. The zero-order chi connectivity index (χ0) is 22.5. The molecule has 1 aliphatic rings. The molecule has 31 heavy (non-hydrogen) atoms. The first-order chi connectivity index (χ1) is 14.6. The lowest BCUT2D eigenvalue weighted by Gasteiger charge is -2.24. The molecule has 0 radical (unpaired) electrons. The van der Waals surface area contributed by atoms with E-state index in [1.165, 1.54) is 15.2 Å². The van der Waals surface area contributed by atoms with Crippen LogP contribution in [0, 0.1) is 5.92 Å². The third kappa shape index (κ3) is 4.52. The zero-order valence-corrected chi connectivity index (χ0v) is 18.7. The first kappa shape index (κ1) is 22.3. The number of rotatable bonds is 6. The van der Waals surface area contributed by atoms with E-state index in [9.17, 15) is 18.0 Å². The molecule has 0 aliphatic heterocycles. The van der Waals surface area contributed by atoms with E-state index in [2.05, 4.69) is 4.98 Å². The van der Waals surface area contributed by atoms with Crippen LogP contribution in [0.3, 0.4) is 0 Å². The van der Waals surface area contributed by atoms with Gasteiger partial charge in [-0.1, -0.05) is 41.7 Å². The van der Waals surface area contributed by atoms with Crippen LogP contribution in [0.2, 0.25) is 15.2 Å². The Labute approximate surface area is 191 Å². The van der Waals surface area contributed by atoms with Gasteiger partial charge in [0.05, 0.1) is 16.4 Å². The maximum Gasteiger partial charge on any atom is 0.406 e. The normalized spacial score (nSPS) is 14.4. The quantitative estimate of drug-likeness (QED) is 0.419. The molecule has 5 nitrogen and oxygen atoms in total. The van der Waals surface area contributed by atoms with Crippen molar-refractivity contribution in [3.8, 4) is 5.69 Å². The maximum atomic E-state index is 13.3. The Morgan fingerprint density at radius 3 is 2.55 bits per heavy atom. The summed E-state index contributed by atoms with van der Waals surface area (Å²) < 4.78 is 42.5. The van der Waals surface area contributed by atoms with Crippen molar-refractivity contribution in [1.29, 1.82) is 0 Å². The SMILES string of the molecule is CCc1nc2n(-c3ccc(Cl)cc3Cl)c(Cl)cn2c1C(=O)N(CC1CC1)CC(F)(F)F. The lowest BCUT2D eigenvalue weighted by molar-refractivity contribution is -0.141. The Hall–Kier alpha value is -1.90. The summed E-state index contributed by atoms with van der Waals surface area (Å²) in [6.07, 6.45) is -1.04. The van der Waals surface area contributed by atoms with Gasteiger partial charge in [-0.05, 0) is 43.4 Å². The fourth-order valence-corrected chi connectivity index (χ4v) is 4.32. The summed E-state index contributed by atoms with van der Waals surface area (Å²) in [7, 11) is 0. The van der Waals surface area contributed by atoms with Crippen molar-refractivity contribution in [1.82, 2.24) is 18.9 Å². The van der Waals surface area contributed by atoms with Crippen LogP contribution in [0.1, 0.15) is 35.9 Å². The van der Waals surface area contributed by atoms with Crippen molar-refractivity contribution >= 4 is 46.5 Å². The largest absolute Gasteiger partial charge is 0.406 e. The lowest BCUT2D eigenvalue weighted by atomic mass is 10.2. The van der Waals surface area contributed by atoms with E-state index < -0.39 is 18.6 Å². The van der Waals surface area contributed by atoms with Gasteiger partial charge in [-0.15, -0.1) is 0 Å². The smallest absolute Gasteiger partial charge is 0.328 e. The molecule has 1 aromatic carbocycles. The molecule has 11 heteroatoms. The van der Waals surface area contributed by atoms with Gasteiger partial charge in [-0.25, -0.2) is 4.98 Å². The number of aryl methyl sites for hydroxylation is 1. The topological polar surface area (TPSA) is 42.5 Å². The number of aromatic nitrogens is 3. The summed E-state index contributed by atoms with van der Waals surface area (Å²) in [6, 6.07) is 4.83. The van der Waals surface area contributed by atoms with E-state index in [0.29, 0.717) is 27.8 Å². The van der Waals surface area contributed by atoms with Crippen molar-refractivity contribution < 1.29 is 18.0 Å². The van der Waals surface area contributed by atoms with Crippen LogP contribution < -0.4 is 0 Å². The number of hydrogen-bond donors (Lipinski definition) is 0. The Morgan fingerprint density at radius 2 is 1.97 bits per heavy atom. The fourth-order valence-electron chi connectivity index (χ4n) is 3.56. The van der Waals surface area contributed by atoms with Crippen molar-refractivity contribution in [2.45, 2.75) is 32.4 Å². The molecule has 1 fully saturated rings. The van der Waals surface area contributed by atoms with Crippen molar-refractivity contribution in [2.75, 3.05) is 13.1 Å². The molecule has 1 amide bonds. The minimum Gasteiger partial charge on any atom is -0.328 e. The minimum atomic E-state index is -4.50. The molecule has 166 valence electrons. The molecule has 0 saturated heterocycles. The van der Waals surface area contributed by atoms with Crippen LogP contribution >= 0.6 is 34.8 Å². The number of hydrogen-bond acceptors (Lipinski definition) is 2. The molecule has 3 aromatic rings. The van der Waals surface area contributed by atoms with Crippen molar-refractivity contribution in [2.24, 2.45) is 5.92 Å². The number of fused-ring (bicyclic) bond motifs is 1. The molecular formula is C20H18Cl3F3N4O. The summed E-state index contributed by atoms with van der Waals surface area (Å²) in [5.41, 5.74) is 0.953. The average molecular weight is 494 g/mol. The molecule has 1 saturated carbocycles. The highest BCUT2D eigenvalue weighted by Gasteiger charge is 2.38. The van der Waals surface area contributed by atoms with Gasteiger partial charge in [0.1, 0.15) is 17.4 Å². The molecule has 2 aromatic heterocycles. The highest BCUT2D eigenvalue weighted by Crippen LogP contribution is 2.34. The predicted molar refractivity (Wildman–Crippen MR) is 114 cm³/mol. The number of nitrogens with zero attached hydrogens (tertiary/aromatic N) is 4. The second kappa shape index (κ2) is 8.22. The molecule has 0 spiro atoms. The number of halogens is 6. The van der Waals surface area contributed by atoms with Gasteiger partial charge in [0.2, 0.25) is 5.78 Å². The van der Waals surface area contributed by atoms with E-state index in [0.717, 1.165) is 17.7 Å². The summed E-state index contributed by atoms with van der Waals surface area (Å²) in [5.74, 6) is -0.335. The van der Waals surface area contributed by atoms with Crippen LogP contribution in [0.25, 0.3) is 11.5 Å². The van der Waals surface area contributed by atoms with E-state index in [4.69, 9.17) is 34.8 Å². The molecule has 0 N–H and O–H groups in total. The zero-order valence-electron chi connectivity index (χ0n) is 16.4. The summed E-state index contributed by atoms with van der Waals surface area (Å²) in [6.45, 7) is 0.539. The standard InChI is InChI=1S/C20H18Cl3F3N4O/c1-2-14-17(18(31)28(8-11-3-4-11)10-20(24,25)26)29-9-16(23)30(19(29)27-14)15-6-5-12(21)7-13(15)22/h5-7,9,11H,2-4,8,10H2,1H3. The number of amides is 1. The Kier molecular flexibility index (Phi) is 5.91. The number of alkyl halides is 3. The Morgan fingerprint density at radius 1 is 1.26 bits per heavy atom. The third-order valence-corrected chi connectivity index (χ3v) is 5.94. The number of benzene rings is 1. The summed E-state index contributed by atoms with van der Waals surface area (Å²) in [4.78, 5) is 18.6. The number of carbonyl (C=O) groups is 1. The molecule has 4 rings (SSSR count). The van der Waals surface area contributed by atoms with E-state index in [1.54, 1.807) is 25.1 Å². The van der Waals surface area contributed by atoms with Crippen molar-refractivity contribution in [3.05, 3.63) is 51.0 Å². The van der Waals surface area contributed by atoms with Crippen LogP contribution in [-0.4, -0.2) is 44.0 Å². The predicted octanol–water partition coefficient (Wildman–Crippen LogP) is 6.06. The van der Waals surface area contributed by atoms with Gasteiger partial charge >= 0.3 is 6.18 Å². The lowest BCUT2D eigenvalue weighted by Crippen LogP contribution is -2.41. The molecule has 0 unspecified atom stereocenters. The first-order valence-corrected chi connectivity index (χ1v) is 10.8. The van der Waals surface area contributed by atoms with Crippen LogP contribution in [0.5, 0.6) is 0 Å². The Bertz CT molecular complexity index is 1150. The second-order valence-corrected chi connectivity index (χ2v) is 8.79. The van der Waals surface area contributed by atoms with E-state index in [1.807, 2.05) is 0 Å². The van der Waals surface area contributed by atoms with Crippen molar-refractivity contribution in [3.63, 3.8) is 0 Å². The minimum absolute atomic E-state index is 0.0617. The number of carbonyl (C=O) groups excluding carboxylic acids is 1. The molecule has 0 atom stereocenters. The second-order valence-electron chi connectivity index (χ2n) is 7.56. The van der Waals surface area contributed by atoms with E-state index in [-0.39, 0.29) is 29.1 Å². The molecule has 2 heterocycles. The van der Waals surface area contributed by atoms with Gasteiger partial charge in [-0.2, -0.15) is 13.2 Å². The summed E-state index contributed by atoms with van der Waals surface area (Å²) >= 11 is 18.7. The molecule has 1 aliphatic carbocycles. The van der Waals surface area contributed by atoms with Gasteiger partial charge in [0.15, 0.2) is 0 Å². The number of imidazole rings is 2. The Balaban J connectivity index is 1.83.